The molecule has 28 heavy (non-hydrogen) atoms. The van der Waals surface area contributed by atoms with Crippen LogP contribution in [-0.2, 0) is 4.79 Å². The summed E-state index contributed by atoms with van der Waals surface area (Å²) in [6.45, 7) is 5.85. The third-order valence-electron chi connectivity index (χ3n) is 5.10. The van der Waals surface area contributed by atoms with Crippen LogP contribution < -0.4 is 9.64 Å². The topological polar surface area (TPSA) is 56.6 Å². The lowest BCUT2D eigenvalue weighted by molar-refractivity contribution is -0.131. The summed E-state index contributed by atoms with van der Waals surface area (Å²) < 4.78 is 5.79. The van der Waals surface area contributed by atoms with Crippen molar-refractivity contribution in [3.05, 3.63) is 59.7 Å². The SMILES string of the molecule is Cc1ccccc1OCCCC(=O)N1CCCN(c2ccc(C#N)cc2)CC1. The molecule has 0 radical (unpaired) electrons. The van der Waals surface area contributed by atoms with Crippen molar-refractivity contribution in [1.82, 2.24) is 4.90 Å². The minimum Gasteiger partial charge on any atom is -0.493 e. The normalized spacial score (nSPS) is 14.3. The zero-order valence-electron chi connectivity index (χ0n) is 16.4. The summed E-state index contributed by atoms with van der Waals surface area (Å²) in [7, 11) is 0. The molecule has 5 nitrogen and oxygen atoms in total. The Balaban J connectivity index is 1.43. The standard InChI is InChI=1S/C23H27N3O2/c1-19-6-2-3-7-22(19)28-17-4-8-23(27)26-14-5-13-25(15-16-26)21-11-9-20(18-24)10-12-21/h2-3,6-7,9-12H,4-5,8,13-17H2,1H3. The number of ether oxygens (including phenoxy) is 1. The maximum Gasteiger partial charge on any atom is 0.222 e. The van der Waals surface area contributed by atoms with Gasteiger partial charge in [-0.2, -0.15) is 5.26 Å². The van der Waals surface area contributed by atoms with Gasteiger partial charge in [-0.25, -0.2) is 0 Å². The number of hydrogen-bond acceptors (Lipinski definition) is 4. The Morgan fingerprint density at radius 2 is 1.86 bits per heavy atom. The van der Waals surface area contributed by atoms with Gasteiger partial charge in [-0.3, -0.25) is 4.79 Å². The van der Waals surface area contributed by atoms with Crippen LogP contribution in [0.15, 0.2) is 48.5 Å². The number of hydrogen-bond donors (Lipinski definition) is 0. The second-order valence-electron chi connectivity index (χ2n) is 7.10. The van der Waals surface area contributed by atoms with Crippen LogP contribution in [0, 0.1) is 18.3 Å². The van der Waals surface area contributed by atoms with Gasteiger partial charge >= 0.3 is 0 Å². The number of anilines is 1. The van der Waals surface area contributed by atoms with Crippen LogP contribution in [0.2, 0.25) is 0 Å². The van der Waals surface area contributed by atoms with Gasteiger partial charge in [-0.15, -0.1) is 0 Å². The molecule has 1 fully saturated rings. The third-order valence-corrected chi connectivity index (χ3v) is 5.10. The van der Waals surface area contributed by atoms with E-state index in [4.69, 9.17) is 10.00 Å². The van der Waals surface area contributed by atoms with Crippen molar-refractivity contribution in [1.29, 1.82) is 5.26 Å². The average Bonchev–Trinajstić information content (AvgIpc) is 2.99. The lowest BCUT2D eigenvalue weighted by Crippen LogP contribution is -2.35. The number of rotatable bonds is 6. The van der Waals surface area contributed by atoms with Gasteiger partial charge in [0.2, 0.25) is 5.91 Å². The van der Waals surface area contributed by atoms with Crippen molar-refractivity contribution >= 4 is 11.6 Å². The Kier molecular flexibility index (Phi) is 6.91. The molecule has 1 heterocycles. The molecule has 1 saturated heterocycles. The summed E-state index contributed by atoms with van der Waals surface area (Å²) in [4.78, 5) is 16.8. The Hall–Kier alpha value is -3.00. The molecule has 2 aromatic rings. The first kappa shape index (κ1) is 19.8. The van der Waals surface area contributed by atoms with Crippen molar-refractivity contribution in [2.45, 2.75) is 26.2 Å². The molecule has 146 valence electrons. The zero-order valence-corrected chi connectivity index (χ0v) is 16.4. The molecule has 1 aliphatic rings. The average molecular weight is 377 g/mol. The van der Waals surface area contributed by atoms with E-state index in [1.165, 1.54) is 0 Å². The van der Waals surface area contributed by atoms with Gasteiger partial charge in [0.15, 0.2) is 0 Å². The summed E-state index contributed by atoms with van der Waals surface area (Å²) in [5.41, 5.74) is 2.90. The number of nitriles is 1. The molecule has 0 saturated carbocycles. The molecular weight excluding hydrogens is 350 g/mol. The summed E-state index contributed by atoms with van der Waals surface area (Å²) >= 11 is 0. The smallest absolute Gasteiger partial charge is 0.222 e. The Bertz CT molecular complexity index is 826. The van der Waals surface area contributed by atoms with Crippen LogP contribution in [0.3, 0.4) is 0 Å². The van der Waals surface area contributed by atoms with Crippen LogP contribution >= 0.6 is 0 Å². The van der Waals surface area contributed by atoms with Gasteiger partial charge in [0.05, 0.1) is 18.2 Å². The first-order valence-corrected chi connectivity index (χ1v) is 9.88. The van der Waals surface area contributed by atoms with Crippen molar-refractivity contribution in [3.63, 3.8) is 0 Å². The van der Waals surface area contributed by atoms with Gasteiger partial charge in [0, 0.05) is 38.3 Å². The number of carbonyl (C=O) groups is 1. The lowest BCUT2D eigenvalue weighted by Gasteiger charge is -2.24. The van der Waals surface area contributed by atoms with Crippen molar-refractivity contribution < 1.29 is 9.53 Å². The number of aryl methyl sites for hydroxylation is 1. The molecule has 0 aliphatic carbocycles. The molecule has 0 atom stereocenters. The Labute approximate surface area is 167 Å². The maximum absolute atomic E-state index is 12.6. The van der Waals surface area contributed by atoms with Crippen LogP contribution in [0.25, 0.3) is 0 Å². The first-order chi connectivity index (χ1) is 13.7. The highest BCUT2D eigenvalue weighted by Crippen LogP contribution is 2.18. The lowest BCUT2D eigenvalue weighted by atomic mass is 10.2. The van der Waals surface area contributed by atoms with E-state index in [0.717, 1.165) is 56.0 Å². The first-order valence-electron chi connectivity index (χ1n) is 9.88. The fourth-order valence-corrected chi connectivity index (χ4v) is 3.45. The summed E-state index contributed by atoms with van der Waals surface area (Å²) in [6.07, 6.45) is 2.19. The van der Waals surface area contributed by atoms with Crippen LogP contribution in [0.1, 0.15) is 30.4 Å². The number of para-hydroxylation sites is 1. The predicted molar refractivity (Wildman–Crippen MR) is 110 cm³/mol. The minimum atomic E-state index is 0.204. The summed E-state index contributed by atoms with van der Waals surface area (Å²) in [6, 6.07) is 17.7. The largest absolute Gasteiger partial charge is 0.493 e. The van der Waals surface area contributed by atoms with Gasteiger partial charge in [0.1, 0.15) is 5.75 Å². The van der Waals surface area contributed by atoms with Crippen LogP contribution in [0.5, 0.6) is 5.75 Å². The summed E-state index contributed by atoms with van der Waals surface area (Å²) in [5.74, 6) is 1.10. The predicted octanol–water partition coefficient (Wildman–Crippen LogP) is 3.76. The molecule has 0 aromatic heterocycles. The fourth-order valence-electron chi connectivity index (χ4n) is 3.45. The molecule has 1 amide bonds. The summed E-state index contributed by atoms with van der Waals surface area (Å²) in [5, 5.41) is 8.93. The fraction of sp³-hybridized carbons (Fsp3) is 0.391. The van der Waals surface area contributed by atoms with E-state index >= 15 is 0 Å². The van der Waals surface area contributed by atoms with E-state index in [9.17, 15) is 4.79 Å². The van der Waals surface area contributed by atoms with E-state index in [1.807, 2.05) is 60.4 Å². The zero-order chi connectivity index (χ0) is 19.8. The number of nitrogens with zero attached hydrogens (tertiary/aromatic N) is 3. The van der Waals surface area contributed by atoms with E-state index < -0.39 is 0 Å². The van der Waals surface area contributed by atoms with Gasteiger partial charge < -0.3 is 14.5 Å². The van der Waals surface area contributed by atoms with E-state index in [-0.39, 0.29) is 5.91 Å². The highest BCUT2D eigenvalue weighted by atomic mass is 16.5. The number of carbonyl (C=O) groups excluding carboxylic acids is 1. The second kappa shape index (κ2) is 9.80. The Morgan fingerprint density at radius 1 is 1.07 bits per heavy atom. The van der Waals surface area contributed by atoms with E-state index in [0.29, 0.717) is 18.6 Å². The van der Waals surface area contributed by atoms with E-state index in [1.54, 1.807) is 0 Å². The highest BCUT2D eigenvalue weighted by molar-refractivity contribution is 5.76. The third kappa shape index (κ3) is 5.26. The molecule has 0 spiro atoms. The molecule has 2 aromatic carbocycles. The minimum absolute atomic E-state index is 0.204. The quantitative estimate of drug-likeness (QED) is 0.719. The highest BCUT2D eigenvalue weighted by Gasteiger charge is 2.19. The van der Waals surface area contributed by atoms with Crippen molar-refractivity contribution in [3.8, 4) is 11.8 Å². The molecule has 0 N–H and O–H groups in total. The number of amides is 1. The van der Waals surface area contributed by atoms with Crippen LogP contribution in [-0.4, -0.2) is 43.6 Å². The van der Waals surface area contributed by atoms with Crippen LogP contribution in [0.4, 0.5) is 5.69 Å². The molecule has 1 aliphatic heterocycles. The molecule has 0 unspecified atom stereocenters. The van der Waals surface area contributed by atoms with Crippen molar-refractivity contribution in [2.75, 3.05) is 37.7 Å². The molecule has 5 heteroatoms. The Morgan fingerprint density at radius 3 is 2.61 bits per heavy atom. The van der Waals surface area contributed by atoms with Crippen molar-refractivity contribution in [2.24, 2.45) is 0 Å². The van der Waals surface area contributed by atoms with E-state index in [2.05, 4.69) is 11.0 Å². The molecular formula is C23H27N3O2. The van der Waals surface area contributed by atoms with Gasteiger partial charge in [-0.1, -0.05) is 18.2 Å². The van der Waals surface area contributed by atoms with Gasteiger partial charge in [-0.05, 0) is 55.7 Å². The molecule has 0 bridgehead atoms. The molecule has 3 rings (SSSR count). The number of benzene rings is 2. The monoisotopic (exact) mass is 377 g/mol. The maximum atomic E-state index is 12.6. The second-order valence-corrected chi connectivity index (χ2v) is 7.10. The van der Waals surface area contributed by atoms with Gasteiger partial charge in [0.25, 0.3) is 0 Å².